The summed E-state index contributed by atoms with van der Waals surface area (Å²) in [5.74, 6) is -4.23. The van der Waals surface area contributed by atoms with Gasteiger partial charge in [-0.3, -0.25) is 19.2 Å². The Kier molecular flexibility index (Phi) is 12.6. The van der Waals surface area contributed by atoms with Crippen LogP contribution in [0.1, 0.15) is 19.3 Å². The third-order valence-electron chi connectivity index (χ3n) is 3.49. The lowest BCUT2D eigenvalue weighted by Crippen LogP contribution is -2.54. The second-order valence-corrected chi connectivity index (χ2v) is 6.73. The Hall–Kier alpha value is -2.38. The molecule has 0 spiro atoms. The van der Waals surface area contributed by atoms with Crippen LogP contribution in [0.3, 0.4) is 0 Å². The lowest BCUT2D eigenvalue weighted by atomic mass is 10.1. The number of rotatable bonds is 14. The summed E-state index contributed by atoms with van der Waals surface area (Å²) < 4.78 is 0. The molecule has 0 aliphatic heterocycles. The van der Waals surface area contributed by atoms with E-state index >= 15 is 0 Å². The zero-order valence-corrected chi connectivity index (χ0v) is 16.2. The maximum absolute atomic E-state index is 12.3. The summed E-state index contributed by atoms with van der Waals surface area (Å²) in [5, 5.41) is 32.9. The van der Waals surface area contributed by atoms with Gasteiger partial charge in [0, 0.05) is 6.42 Å². The fraction of sp³-hybridized carbons (Fsp3) is 0.667. The number of amides is 3. The minimum atomic E-state index is -1.50. The number of carboxylic acids is 2. The van der Waals surface area contributed by atoms with Crippen molar-refractivity contribution in [3.63, 3.8) is 0 Å². The number of thioether (sulfide) groups is 1. The molecule has 0 aromatic heterocycles. The van der Waals surface area contributed by atoms with E-state index in [0.29, 0.717) is 5.75 Å². The first-order valence-corrected chi connectivity index (χ1v) is 9.69. The van der Waals surface area contributed by atoms with Gasteiger partial charge in [0.15, 0.2) is 0 Å². The molecule has 3 amide bonds. The molecule has 0 aliphatic rings. The van der Waals surface area contributed by atoms with Crippen molar-refractivity contribution in [1.82, 2.24) is 16.0 Å². The zero-order valence-electron chi connectivity index (χ0n) is 15.3. The minimum Gasteiger partial charge on any atom is -0.481 e. The van der Waals surface area contributed by atoms with Crippen molar-refractivity contribution in [1.29, 1.82) is 0 Å². The molecule has 0 aliphatic carbocycles. The molecule has 0 heterocycles. The van der Waals surface area contributed by atoms with E-state index in [4.69, 9.17) is 21.1 Å². The van der Waals surface area contributed by atoms with E-state index in [-0.39, 0.29) is 19.3 Å². The van der Waals surface area contributed by atoms with E-state index in [0.717, 1.165) is 0 Å². The number of aliphatic hydroxyl groups is 1. The summed E-state index contributed by atoms with van der Waals surface area (Å²) in [7, 11) is 0. The molecule has 0 aromatic rings. The number of hydrogen-bond donors (Lipinski definition) is 7. The number of carbonyl (C=O) groups excluding carboxylic acids is 3. The maximum atomic E-state index is 12.3. The molecule has 0 fully saturated rings. The SMILES string of the molecule is CSCCC(NC(=O)C(N)CCC(=O)O)C(=O)NCC(=O)NC(CO)C(=O)O. The number of nitrogens with one attached hydrogen (secondary N) is 3. The summed E-state index contributed by atoms with van der Waals surface area (Å²) in [4.78, 5) is 57.3. The van der Waals surface area contributed by atoms with Crippen LogP contribution in [0.5, 0.6) is 0 Å². The van der Waals surface area contributed by atoms with Crippen LogP contribution in [0.4, 0.5) is 0 Å². The number of nitrogens with two attached hydrogens (primary N) is 1. The van der Waals surface area contributed by atoms with E-state index in [2.05, 4.69) is 10.6 Å². The summed E-state index contributed by atoms with van der Waals surface area (Å²) in [6, 6.07) is -3.61. The van der Waals surface area contributed by atoms with Gasteiger partial charge in [-0.2, -0.15) is 11.8 Å². The smallest absolute Gasteiger partial charge is 0.328 e. The van der Waals surface area contributed by atoms with Gasteiger partial charge >= 0.3 is 11.9 Å². The summed E-state index contributed by atoms with van der Waals surface area (Å²) in [6.45, 7) is -1.37. The van der Waals surface area contributed by atoms with Crippen molar-refractivity contribution < 1.29 is 39.3 Å². The molecular formula is C15H26N4O8S. The number of hydrogen-bond acceptors (Lipinski definition) is 8. The second-order valence-electron chi connectivity index (χ2n) is 5.74. The van der Waals surface area contributed by atoms with Crippen molar-refractivity contribution in [2.75, 3.05) is 25.2 Å². The molecule has 160 valence electrons. The molecule has 0 saturated heterocycles. The molecule has 0 saturated carbocycles. The Labute approximate surface area is 165 Å². The number of aliphatic carboxylic acids is 2. The molecule has 0 radical (unpaired) electrons. The predicted molar refractivity (Wildman–Crippen MR) is 99.4 cm³/mol. The van der Waals surface area contributed by atoms with Crippen LogP contribution in [0.2, 0.25) is 0 Å². The van der Waals surface area contributed by atoms with Gasteiger partial charge in [0.05, 0.1) is 19.2 Å². The highest BCUT2D eigenvalue weighted by Gasteiger charge is 2.25. The average molecular weight is 422 g/mol. The Morgan fingerprint density at radius 1 is 1.00 bits per heavy atom. The first-order valence-electron chi connectivity index (χ1n) is 8.29. The Morgan fingerprint density at radius 2 is 1.64 bits per heavy atom. The Bertz CT molecular complexity index is 574. The monoisotopic (exact) mass is 422 g/mol. The highest BCUT2D eigenvalue weighted by Crippen LogP contribution is 2.03. The van der Waals surface area contributed by atoms with Gasteiger partial charge in [-0.15, -0.1) is 0 Å². The van der Waals surface area contributed by atoms with Crippen LogP contribution in [0, 0.1) is 0 Å². The molecule has 0 bridgehead atoms. The van der Waals surface area contributed by atoms with Gasteiger partial charge in [0.2, 0.25) is 17.7 Å². The number of carbonyl (C=O) groups is 5. The Balaban J connectivity index is 4.71. The van der Waals surface area contributed by atoms with Crippen LogP contribution in [0.15, 0.2) is 0 Å². The molecule has 12 nitrogen and oxygen atoms in total. The summed E-state index contributed by atoms with van der Waals surface area (Å²) in [5.41, 5.74) is 5.61. The summed E-state index contributed by atoms with van der Waals surface area (Å²) in [6.07, 6.45) is 1.63. The first-order chi connectivity index (χ1) is 13.1. The number of carboxylic acid groups (broad SMARTS) is 2. The van der Waals surface area contributed by atoms with Gasteiger partial charge < -0.3 is 37.0 Å². The maximum Gasteiger partial charge on any atom is 0.328 e. The molecule has 28 heavy (non-hydrogen) atoms. The van der Waals surface area contributed by atoms with Gasteiger partial charge in [0.1, 0.15) is 12.1 Å². The van der Waals surface area contributed by atoms with Gasteiger partial charge in [-0.1, -0.05) is 0 Å². The molecule has 3 unspecified atom stereocenters. The first kappa shape index (κ1) is 25.6. The van der Waals surface area contributed by atoms with Crippen LogP contribution < -0.4 is 21.7 Å². The molecule has 13 heteroatoms. The standard InChI is InChI=1S/C15H26N4O8S/c1-28-5-4-9(19-13(24)8(16)2-3-12(22)23)14(25)17-6-11(21)18-10(7-20)15(26)27/h8-10,20H,2-7,16H2,1H3,(H,17,25)(H,18,21)(H,19,24)(H,22,23)(H,26,27). The van der Waals surface area contributed by atoms with Gasteiger partial charge in [-0.25, -0.2) is 4.79 Å². The fourth-order valence-corrected chi connectivity index (χ4v) is 2.39. The molecular weight excluding hydrogens is 396 g/mol. The van der Waals surface area contributed by atoms with Crippen LogP contribution in [-0.4, -0.2) is 88.3 Å². The van der Waals surface area contributed by atoms with E-state index in [1.54, 1.807) is 6.26 Å². The van der Waals surface area contributed by atoms with E-state index < -0.39 is 60.9 Å². The lowest BCUT2D eigenvalue weighted by molar-refractivity contribution is -0.143. The van der Waals surface area contributed by atoms with Crippen LogP contribution in [-0.2, 0) is 24.0 Å². The highest BCUT2D eigenvalue weighted by molar-refractivity contribution is 7.98. The zero-order chi connectivity index (χ0) is 21.7. The van der Waals surface area contributed by atoms with Gasteiger partial charge in [0.25, 0.3) is 0 Å². The fourth-order valence-electron chi connectivity index (χ4n) is 1.91. The van der Waals surface area contributed by atoms with Gasteiger partial charge in [-0.05, 0) is 24.9 Å². The van der Waals surface area contributed by atoms with Crippen molar-refractivity contribution in [2.24, 2.45) is 5.73 Å². The molecule has 0 aromatic carbocycles. The van der Waals surface area contributed by atoms with E-state index in [9.17, 15) is 24.0 Å². The van der Waals surface area contributed by atoms with Crippen molar-refractivity contribution >= 4 is 41.4 Å². The normalized spacial score (nSPS) is 13.7. The topological polar surface area (TPSA) is 208 Å². The predicted octanol–water partition coefficient (Wildman–Crippen LogP) is -2.91. The average Bonchev–Trinajstić information content (AvgIpc) is 2.64. The van der Waals surface area contributed by atoms with Crippen LogP contribution >= 0.6 is 11.8 Å². The Morgan fingerprint density at radius 3 is 2.14 bits per heavy atom. The van der Waals surface area contributed by atoms with Crippen LogP contribution in [0.25, 0.3) is 0 Å². The van der Waals surface area contributed by atoms with E-state index in [1.807, 2.05) is 5.32 Å². The molecule has 0 rings (SSSR count). The second kappa shape index (κ2) is 13.7. The minimum absolute atomic E-state index is 0.0990. The third kappa shape index (κ3) is 10.7. The van der Waals surface area contributed by atoms with Crippen molar-refractivity contribution in [3.8, 4) is 0 Å². The van der Waals surface area contributed by atoms with Crippen molar-refractivity contribution in [3.05, 3.63) is 0 Å². The summed E-state index contributed by atoms with van der Waals surface area (Å²) >= 11 is 1.42. The number of aliphatic hydroxyl groups excluding tert-OH is 1. The highest BCUT2D eigenvalue weighted by atomic mass is 32.2. The largest absolute Gasteiger partial charge is 0.481 e. The lowest BCUT2D eigenvalue weighted by Gasteiger charge is -2.20. The quantitative estimate of drug-likeness (QED) is 0.152. The molecule has 3 atom stereocenters. The third-order valence-corrected chi connectivity index (χ3v) is 4.13. The molecule has 8 N–H and O–H groups in total. The van der Waals surface area contributed by atoms with Crippen molar-refractivity contribution in [2.45, 2.75) is 37.4 Å². The van der Waals surface area contributed by atoms with E-state index in [1.165, 1.54) is 11.8 Å².